The fraction of sp³-hybridized carbons (Fsp3) is 0.333. The average molecular weight is 484 g/mol. The fourth-order valence-corrected chi connectivity index (χ4v) is 3.41. The van der Waals surface area contributed by atoms with Crippen LogP contribution in [0.3, 0.4) is 0 Å². The predicted molar refractivity (Wildman–Crippen MR) is 124 cm³/mol. The Hall–Kier alpha value is -1.63. The standard InChI is InChI=1S/C21H24BrClN2O2S/c1-3-4-5-6-12-27-19-11-10-15(13-16(19)22)20(26)25-21(28)24-18-9-7-8-17(23)14(18)2/h7-11,13H,3-6,12H2,1-2H3,(H2,24,25,26,28). The second kappa shape index (κ2) is 11.4. The Balaban J connectivity index is 1.92. The van der Waals surface area contributed by atoms with Gasteiger partial charge in [0.1, 0.15) is 5.75 Å². The highest BCUT2D eigenvalue weighted by Gasteiger charge is 2.12. The zero-order valence-electron chi connectivity index (χ0n) is 16.0. The zero-order chi connectivity index (χ0) is 20.5. The number of rotatable bonds is 8. The molecule has 4 nitrogen and oxygen atoms in total. The third-order valence-corrected chi connectivity index (χ3v) is 5.43. The number of amides is 1. The van der Waals surface area contributed by atoms with Crippen LogP contribution in [0.5, 0.6) is 5.75 Å². The van der Waals surface area contributed by atoms with Crippen LogP contribution in [0.25, 0.3) is 0 Å². The Morgan fingerprint density at radius 3 is 2.71 bits per heavy atom. The summed E-state index contributed by atoms with van der Waals surface area (Å²) in [6.07, 6.45) is 4.59. The molecule has 2 N–H and O–H groups in total. The molecular formula is C21H24BrClN2O2S. The maximum atomic E-state index is 12.5. The van der Waals surface area contributed by atoms with E-state index in [9.17, 15) is 4.79 Å². The number of hydrogen-bond donors (Lipinski definition) is 2. The molecule has 0 atom stereocenters. The number of anilines is 1. The summed E-state index contributed by atoms with van der Waals surface area (Å²) in [6.45, 7) is 4.73. The molecule has 2 aromatic rings. The summed E-state index contributed by atoms with van der Waals surface area (Å²) in [7, 11) is 0. The van der Waals surface area contributed by atoms with E-state index >= 15 is 0 Å². The first-order valence-corrected chi connectivity index (χ1v) is 10.8. The number of thiocarbonyl (C=S) groups is 1. The minimum absolute atomic E-state index is 0.211. The number of nitrogens with one attached hydrogen (secondary N) is 2. The molecule has 0 fully saturated rings. The van der Waals surface area contributed by atoms with Crippen molar-refractivity contribution in [3.8, 4) is 5.75 Å². The Bertz CT molecular complexity index is 845. The molecule has 7 heteroatoms. The summed E-state index contributed by atoms with van der Waals surface area (Å²) in [4.78, 5) is 12.5. The number of carbonyl (C=O) groups excluding carboxylic acids is 1. The van der Waals surface area contributed by atoms with Crippen LogP contribution in [0.2, 0.25) is 5.02 Å². The predicted octanol–water partition coefficient (Wildman–Crippen LogP) is 6.50. The minimum atomic E-state index is -0.299. The molecule has 0 aliphatic rings. The molecule has 0 aliphatic carbocycles. The van der Waals surface area contributed by atoms with Gasteiger partial charge in [-0.05, 0) is 77.4 Å². The van der Waals surface area contributed by atoms with Gasteiger partial charge in [-0.25, -0.2) is 0 Å². The lowest BCUT2D eigenvalue weighted by molar-refractivity contribution is 0.0977. The average Bonchev–Trinajstić information content (AvgIpc) is 2.66. The van der Waals surface area contributed by atoms with Crippen LogP contribution in [0, 0.1) is 6.92 Å². The molecule has 0 saturated carbocycles. The Labute approximate surface area is 185 Å². The lowest BCUT2D eigenvalue weighted by atomic mass is 10.2. The van der Waals surface area contributed by atoms with Crippen LogP contribution in [-0.4, -0.2) is 17.6 Å². The van der Waals surface area contributed by atoms with Crippen molar-refractivity contribution in [1.29, 1.82) is 0 Å². The van der Waals surface area contributed by atoms with Crippen LogP contribution in [0.15, 0.2) is 40.9 Å². The van der Waals surface area contributed by atoms with Gasteiger partial charge in [0.05, 0.1) is 11.1 Å². The minimum Gasteiger partial charge on any atom is -0.492 e. The third-order valence-electron chi connectivity index (χ3n) is 4.19. The molecule has 0 unspecified atom stereocenters. The summed E-state index contributed by atoms with van der Waals surface area (Å²) < 4.78 is 6.51. The quantitative estimate of drug-likeness (QED) is 0.332. The molecule has 0 spiro atoms. The van der Waals surface area contributed by atoms with E-state index < -0.39 is 0 Å². The van der Waals surface area contributed by atoms with E-state index in [1.165, 1.54) is 12.8 Å². The molecule has 0 heterocycles. The van der Waals surface area contributed by atoms with Crippen molar-refractivity contribution >= 4 is 56.5 Å². The lowest BCUT2D eigenvalue weighted by Crippen LogP contribution is -2.34. The monoisotopic (exact) mass is 482 g/mol. The van der Waals surface area contributed by atoms with Gasteiger partial charge in [0.2, 0.25) is 0 Å². The van der Waals surface area contributed by atoms with Gasteiger partial charge in [-0.3, -0.25) is 10.1 Å². The number of halogens is 2. The molecule has 0 radical (unpaired) electrons. The molecule has 150 valence electrons. The SMILES string of the molecule is CCCCCCOc1ccc(C(=O)NC(=S)Nc2cccc(Cl)c2C)cc1Br. The second-order valence-corrected chi connectivity index (χ2v) is 8.04. The molecule has 28 heavy (non-hydrogen) atoms. The van der Waals surface area contributed by atoms with Crippen molar-refractivity contribution < 1.29 is 9.53 Å². The maximum absolute atomic E-state index is 12.5. The first-order valence-electron chi connectivity index (χ1n) is 9.22. The van der Waals surface area contributed by atoms with Crippen LogP contribution in [-0.2, 0) is 0 Å². The van der Waals surface area contributed by atoms with E-state index in [-0.39, 0.29) is 11.0 Å². The van der Waals surface area contributed by atoms with Crippen LogP contribution >= 0.6 is 39.7 Å². The summed E-state index contributed by atoms with van der Waals surface area (Å²) >= 11 is 14.8. The molecular weight excluding hydrogens is 460 g/mol. The van der Waals surface area contributed by atoms with E-state index in [1.807, 2.05) is 19.1 Å². The lowest BCUT2D eigenvalue weighted by Gasteiger charge is -2.13. The van der Waals surface area contributed by atoms with Gasteiger partial charge in [-0.1, -0.05) is 43.9 Å². The molecule has 1 amide bonds. The van der Waals surface area contributed by atoms with Gasteiger partial charge in [-0.15, -0.1) is 0 Å². The fourth-order valence-electron chi connectivity index (χ4n) is 2.54. The number of ether oxygens (including phenoxy) is 1. The van der Waals surface area contributed by atoms with Crippen LogP contribution < -0.4 is 15.4 Å². The van der Waals surface area contributed by atoms with Crippen molar-refractivity contribution in [1.82, 2.24) is 5.32 Å². The molecule has 2 rings (SSSR count). The first-order chi connectivity index (χ1) is 13.4. The molecule has 0 aromatic heterocycles. The van der Waals surface area contributed by atoms with Gasteiger partial charge in [0.25, 0.3) is 5.91 Å². The van der Waals surface area contributed by atoms with Crippen molar-refractivity contribution in [3.63, 3.8) is 0 Å². The van der Waals surface area contributed by atoms with Gasteiger partial charge < -0.3 is 10.1 Å². The second-order valence-electron chi connectivity index (χ2n) is 6.37. The Morgan fingerprint density at radius 2 is 2.00 bits per heavy atom. The van der Waals surface area contributed by atoms with E-state index in [0.717, 1.165) is 34.3 Å². The van der Waals surface area contributed by atoms with Gasteiger partial charge in [0, 0.05) is 16.3 Å². The van der Waals surface area contributed by atoms with Crippen molar-refractivity contribution in [2.75, 3.05) is 11.9 Å². The number of hydrogen-bond acceptors (Lipinski definition) is 3. The van der Waals surface area contributed by atoms with Crippen molar-refractivity contribution in [2.24, 2.45) is 0 Å². The highest BCUT2D eigenvalue weighted by molar-refractivity contribution is 9.10. The first kappa shape index (κ1) is 22.7. The van der Waals surface area contributed by atoms with E-state index in [2.05, 4.69) is 33.5 Å². The Kier molecular flexibility index (Phi) is 9.22. The summed E-state index contributed by atoms with van der Waals surface area (Å²) in [6, 6.07) is 10.7. The van der Waals surface area contributed by atoms with Crippen molar-refractivity contribution in [2.45, 2.75) is 39.5 Å². The molecule has 0 aliphatic heterocycles. The van der Waals surface area contributed by atoms with E-state index in [4.69, 9.17) is 28.6 Å². The normalized spacial score (nSPS) is 10.4. The van der Waals surface area contributed by atoms with Gasteiger partial charge >= 0.3 is 0 Å². The maximum Gasteiger partial charge on any atom is 0.257 e. The highest BCUT2D eigenvalue weighted by Crippen LogP contribution is 2.26. The van der Waals surface area contributed by atoms with Gasteiger partial charge in [0.15, 0.2) is 5.11 Å². The summed E-state index contributed by atoms with van der Waals surface area (Å²) in [5.74, 6) is 0.427. The summed E-state index contributed by atoms with van der Waals surface area (Å²) in [5, 5.41) is 6.53. The molecule has 2 aromatic carbocycles. The number of benzene rings is 2. The highest BCUT2D eigenvalue weighted by atomic mass is 79.9. The molecule has 0 bridgehead atoms. The largest absolute Gasteiger partial charge is 0.492 e. The number of carbonyl (C=O) groups is 1. The van der Waals surface area contributed by atoms with Crippen LogP contribution in [0.1, 0.15) is 48.5 Å². The third kappa shape index (κ3) is 6.76. The van der Waals surface area contributed by atoms with Crippen molar-refractivity contribution in [3.05, 3.63) is 57.0 Å². The number of unbranched alkanes of at least 4 members (excludes halogenated alkanes) is 3. The van der Waals surface area contributed by atoms with Crippen LogP contribution in [0.4, 0.5) is 5.69 Å². The Morgan fingerprint density at radius 1 is 1.21 bits per heavy atom. The smallest absolute Gasteiger partial charge is 0.257 e. The van der Waals surface area contributed by atoms with Gasteiger partial charge in [-0.2, -0.15) is 0 Å². The molecule has 0 saturated heterocycles. The van der Waals surface area contributed by atoms with E-state index in [0.29, 0.717) is 17.2 Å². The topological polar surface area (TPSA) is 50.4 Å². The van der Waals surface area contributed by atoms with E-state index in [1.54, 1.807) is 24.3 Å². The summed E-state index contributed by atoms with van der Waals surface area (Å²) in [5.41, 5.74) is 2.10. The zero-order valence-corrected chi connectivity index (χ0v) is 19.1.